The highest BCUT2D eigenvalue weighted by Gasteiger charge is 2.14. The molecule has 30 heavy (non-hydrogen) atoms. The molecule has 0 spiro atoms. The molecule has 0 saturated carbocycles. The summed E-state index contributed by atoms with van der Waals surface area (Å²) in [4.78, 5) is 17.4. The number of nitrogens with zero attached hydrogens (tertiary/aromatic N) is 2. The first-order valence-corrected chi connectivity index (χ1v) is 9.03. The van der Waals surface area contributed by atoms with Gasteiger partial charge in [0.2, 0.25) is 0 Å². The lowest BCUT2D eigenvalue weighted by atomic mass is 10.0. The number of aromatic nitrogens is 1. The molecule has 148 valence electrons. The zero-order chi connectivity index (χ0) is 21.1. The Balaban J connectivity index is 1.68. The van der Waals surface area contributed by atoms with E-state index >= 15 is 0 Å². The van der Waals surface area contributed by atoms with Crippen molar-refractivity contribution in [1.29, 1.82) is 0 Å². The molecule has 7 heteroatoms. The van der Waals surface area contributed by atoms with Crippen LogP contribution in [0.25, 0.3) is 22.2 Å². The van der Waals surface area contributed by atoms with Gasteiger partial charge in [-0.05, 0) is 48.5 Å². The number of fused-ring (bicyclic) bond motifs is 1. The predicted octanol–water partition coefficient (Wildman–Crippen LogP) is 4.22. The Morgan fingerprint density at radius 3 is 2.57 bits per heavy atom. The number of para-hydroxylation sites is 2. The molecule has 6 nitrogen and oxygen atoms in total. The number of pyridine rings is 1. The van der Waals surface area contributed by atoms with E-state index in [9.17, 15) is 19.4 Å². The van der Waals surface area contributed by atoms with E-state index in [1.807, 2.05) is 6.07 Å². The van der Waals surface area contributed by atoms with Gasteiger partial charge in [0.25, 0.3) is 5.91 Å². The molecule has 1 aromatic heterocycles. The van der Waals surface area contributed by atoms with Crippen LogP contribution in [0.4, 0.5) is 4.39 Å². The van der Waals surface area contributed by atoms with Crippen LogP contribution in [-0.4, -0.2) is 27.3 Å². The van der Waals surface area contributed by atoms with Crippen LogP contribution in [0.15, 0.2) is 77.9 Å². The van der Waals surface area contributed by atoms with Gasteiger partial charge < -0.3 is 10.2 Å². The second-order valence-corrected chi connectivity index (χ2v) is 6.49. The third-order valence-corrected chi connectivity index (χ3v) is 4.52. The zero-order valence-corrected chi connectivity index (χ0v) is 15.6. The molecule has 0 atom stereocenters. The van der Waals surface area contributed by atoms with Crippen molar-refractivity contribution in [2.24, 2.45) is 5.10 Å². The van der Waals surface area contributed by atoms with Crippen molar-refractivity contribution in [3.63, 3.8) is 0 Å². The Morgan fingerprint density at radius 2 is 1.77 bits per heavy atom. The number of amides is 1. The van der Waals surface area contributed by atoms with Crippen molar-refractivity contribution < 1.29 is 19.4 Å². The highest BCUT2D eigenvalue weighted by atomic mass is 19.1. The van der Waals surface area contributed by atoms with Crippen molar-refractivity contribution in [2.45, 2.75) is 0 Å². The number of hydrogen-bond acceptors (Lipinski definition) is 5. The molecule has 4 rings (SSSR count). The van der Waals surface area contributed by atoms with Gasteiger partial charge in [0, 0.05) is 16.5 Å². The molecule has 0 radical (unpaired) electrons. The summed E-state index contributed by atoms with van der Waals surface area (Å²) in [6, 6.07) is 19.1. The molecule has 1 heterocycles. The molecular weight excluding hydrogens is 385 g/mol. The lowest BCUT2D eigenvalue weighted by molar-refractivity contribution is 0.0956. The summed E-state index contributed by atoms with van der Waals surface area (Å²) in [5.41, 5.74) is 4.82. The standard InChI is InChI=1S/C23H16FN3O3/c24-16-10-8-14(9-11-16)20-12-18(17-5-1-2-6-19(17)26-20)23(30)27-25-13-15-4-3-7-21(28)22(15)29/h1-13,28-29H,(H,27,30). The normalized spacial score (nSPS) is 11.1. The number of phenols is 2. The number of hydrogen-bond donors (Lipinski definition) is 3. The molecular formula is C23H16FN3O3. The molecule has 1 amide bonds. The molecule has 4 aromatic rings. The number of carbonyl (C=O) groups is 1. The number of hydrazone groups is 1. The summed E-state index contributed by atoms with van der Waals surface area (Å²) in [7, 11) is 0. The van der Waals surface area contributed by atoms with Crippen LogP contribution in [0.2, 0.25) is 0 Å². The Labute approximate surface area is 171 Å². The Kier molecular flexibility index (Phi) is 5.09. The zero-order valence-electron chi connectivity index (χ0n) is 15.6. The van der Waals surface area contributed by atoms with Crippen LogP contribution in [-0.2, 0) is 0 Å². The third kappa shape index (κ3) is 3.81. The minimum absolute atomic E-state index is 0.252. The van der Waals surface area contributed by atoms with Gasteiger partial charge in [-0.25, -0.2) is 14.8 Å². The van der Waals surface area contributed by atoms with E-state index in [1.54, 1.807) is 48.5 Å². The third-order valence-electron chi connectivity index (χ3n) is 4.52. The average molecular weight is 401 g/mol. The minimum Gasteiger partial charge on any atom is -0.504 e. The second kappa shape index (κ2) is 8.00. The summed E-state index contributed by atoms with van der Waals surface area (Å²) in [6.07, 6.45) is 1.23. The molecule has 0 unspecified atom stereocenters. The van der Waals surface area contributed by atoms with E-state index in [1.165, 1.54) is 24.4 Å². The van der Waals surface area contributed by atoms with Crippen LogP contribution in [0.1, 0.15) is 15.9 Å². The first kappa shape index (κ1) is 19.1. The maximum absolute atomic E-state index is 13.3. The molecule has 0 fully saturated rings. The van der Waals surface area contributed by atoms with Gasteiger partial charge in [-0.1, -0.05) is 24.3 Å². The van der Waals surface area contributed by atoms with Crippen LogP contribution in [0, 0.1) is 5.82 Å². The van der Waals surface area contributed by atoms with Gasteiger partial charge >= 0.3 is 0 Å². The number of halogens is 1. The minimum atomic E-state index is -0.479. The molecule has 0 aliphatic carbocycles. The number of carbonyl (C=O) groups excluding carboxylic acids is 1. The maximum atomic E-state index is 13.3. The monoisotopic (exact) mass is 401 g/mol. The number of rotatable bonds is 4. The lowest BCUT2D eigenvalue weighted by Crippen LogP contribution is -2.18. The number of benzene rings is 3. The first-order valence-electron chi connectivity index (χ1n) is 9.03. The largest absolute Gasteiger partial charge is 0.504 e. The highest BCUT2D eigenvalue weighted by molar-refractivity contribution is 6.07. The van der Waals surface area contributed by atoms with Crippen LogP contribution >= 0.6 is 0 Å². The number of aromatic hydroxyl groups is 2. The Hall–Kier alpha value is -4.26. The fraction of sp³-hybridized carbons (Fsp3) is 0. The van der Waals surface area contributed by atoms with Gasteiger partial charge in [-0.2, -0.15) is 5.10 Å². The van der Waals surface area contributed by atoms with E-state index in [0.717, 1.165) is 0 Å². The number of nitrogens with one attached hydrogen (secondary N) is 1. The van der Waals surface area contributed by atoms with E-state index in [-0.39, 0.29) is 22.9 Å². The fourth-order valence-electron chi connectivity index (χ4n) is 3.01. The molecule has 0 aliphatic rings. The quantitative estimate of drug-likeness (QED) is 0.271. The summed E-state index contributed by atoms with van der Waals surface area (Å²) < 4.78 is 13.3. The van der Waals surface area contributed by atoms with Crippen LogP contribution < -0.4 is 5.43 Å². The van der Waals surface area contributed by atoms with Crippen molar-refractivity contribution in [2.75, 3.05) is 0 Å². The van der Waals surface area contributed by atoms with Gasteiger partial charge in [-0.3, -0.25) is 4.79 Å². The van der Waals surface area contributed by atoms with E-state index in [0.29, 0.717) is 27.7 Å². The SMILES string of the molecule is O=C(NN=Cc1cccc(O)c1O)c1cc(-c2ccc(F)cc2)nc2ccccc12. The maximum Gasteiger partial charge on any atom is 0.272 e. The first-order chi connectivity index (χ1) is 14.5. The van der Waals surface area contributed by atoms with Crippen molar-refractivity contribution in [3.05, 3.63) is 89.7 Å². The number of phenolic OH excluding ortho intramolecular Hbond substituents is 2. The van der Waals surface area contributed by atoms with Crippen molar-refractivity contribution >= 4 is 23.0 Å². The average Bonchev–Trinajstić information content (AvgIpc) is 2.76. The lowest BCUT2D eigenvalue weighted by Gasteiger charge is -2.09. The molecule has 0 aliphatic heterocycles. The van der Waals surface area contributed by atoms with Crippen molar-refractivity contribution in [1.82, 2.24) is 10.4 Å². The van der Waals surface area contributed by atoms with Crippen molar-refractivity contribution in [3.8, 4) is 22.8 Å². The summed E-state index contributed by atoms with van der Waals surface area (Å²) in [5.74, 6) is -1.45. The van der Waals surface area contributed by atoms with Crippen LogP contribution in [0.3, 0.4) is 0 Å². The van der Waals surface area contributed by atoms with E-state index in [2.05, 4.69) is 15.5 Å². The predicted molar refractivity (Wildman–Crippen MR) is 112 cm³/mol. The topological polar surface area (TPSA) is 94.8 Å². The summed E-state index contributed by atoms with van der Waals surface area (Å²) >= 11 is 0. The fourth-order valence-corrected chi connectivity index (χ4v) is 3.01. The summed E-state index contributed by atoms with van der Waals surface area (Å²) in [5, 5.41) is 23.9. The van der Waals surface area contributed by atoms with Crippen LogP contribution in [0.5, 0.6) is 11.5 Å². The van der Waals surface area contributed by atoms with E-state index < -0.39 is 5.91 Å². The van der Waals surface area contributed by atoms with E-state index in [4.69, 9.17) is 0 Å². The van der Waals surface area contributed by atoms with Gasteiger partial charge in [-0.15, -0.1) is 0 Å². The Morgan fingerprint density at radius 1 is 1.00 bits per heavy atom. The molecule has 0 bridgehead atoms. The Bertz CT molecular complexity index is 1270. The van der Waals surface area contributed by atoms with Gasteiger partial charge in [0.05, 0.1) is 23.0 Å². The second-order valence-electron chi connectivity index (χ2n) is 6.49. The van der Waals surface area contributed by atoms with Gasteiger partial charge in [0.1, 0.15) is 5.82 Å². The summed E-state index contributed by atoms with van der Waals surface area (Å²) in [6.45, 7) is 0. The smallest absolute Gasteiger partial charge is 0.272 e. The molecule has 3 N–H and O–H groups in total. The molecule has 3 aromatic carbocycles. The highest BCUT2D eigenvalue weighted by Crippen LogP contribution is 2.27. The van der Waals surface area contributed by atoms with Gasteiger partial charge in [0.15, 0.2) is 11.5 Å². The molecule has 0 saturated heterocycles.